The van der Waals surface area contributed by atoms with Crippen LogP contribution >= 0.6 is 7.92 Å². The topological polar surface area (TPSA) is 54.0 Å². The Morgan fingerprint density at radius 3 is 2.20 bits per heavy atom. The van der Waals surface area contributed by atoms with Crippen molar-refractivity contribution in [3.8, 4) is 0 Å². The Morgan fingerprint density at radius 1 is 1.20 bits per heavy atom. The van der Waals surface area contributed by atoms with E-state index in [4.69, 9.17) is 4.74 Å². The van der Waals surface area contributed by atoms with Crippen molar-refractivity contribution in [1.82, 2.24) is 20.3 Å². The molecule has 1 aliphatic heterocycles. The third-order valence-corrected chi connectivity index (χ3v) is 5.93. The summed E-state index contributed by atoms with van der Waals surface area (Å²) in [5.41, 5.74) is 0.942. The summed E-state index contributed by atoms with van der Waals surface area (Å²) in [7, 11) is 0.446. The molecule has 20 heavy (non-hydrogen) atoms. The molecule has 1 N–H and O–H groups in total. The molecule has 0 radical (unpaired) electrons. The number of ether oxygens (including phenoxy) is 1. The molecule has 2 rings (SSSR count). The van der Waals surface area contributed by atoms with Crippen LogP contribution in [0.2, 0.25) is 0 Å². The van der Waals surface area contributed by atoms with Crippen LogP contribution in [-0.2, 0) is 33.7 Å². The first-order chi connectivity index (χ1) is 9.30. The van der Waals surface area contributed by atoms with Gasteiger partial charge in [-0.15, -0.1) is 18.8 Å². The van der Waals surface area contributed by atoms with Crippen LogP contribution in [-0.4, -0.2) is 65.1 Å². The second-order valence-electron chi connectivity index (χ2n) is 4.41. The molecule has 2 heterocycles. The van der Waals surface area contributed by atoms with E-state index in [1.54, 1.807) is 0 Å². The number of rotatable bonds is 5. The number of H-pyrrole nitrogens is 1. The van der Waals surface area contributed by atoms with Gasteiger partial charge in [0.15, 0.2) is 0 Å². The number of morpholine rings is 1. The van der Waals surface area contributed by atoms with Crippen LogP contribution in [0.15, 0.2) is 0 Å². The van der Waals surface area contributed by atoms with Crippen molar-refractivity contribution in [3.05, 3.63) is 11.9 Å². The Balaban J connectivity index is 0.000000396. The fraction of sp³-hybridized carbons (Fsp3) is 0.846. The van der Waals surface area contributed by atoms with E-state index in [2.05, 4.69) is 47.3 Å². The summed E-state index contributed by atoms with van der Waals surface area (Å²) >= 11 is 0. The van der Waals surface area contributed by atoms with Gasteiger partial charge < -0.3 is 16.0 Å². The quantitative estimate of drug-likeness (QED) is 0.396. The zero-order chi connectivity index (χ0) is 13.9. The molecule has 1 fully saturated rings. The molecule has 1 aromatic heterocycles. The second kappa shape index (κ2) is 12.9. The van der Waals surface area contributed by atoms with Crippen molar-refractivity contribution in [2.24, 2.45) is 0 Å². The van der Waals surface area contributed by atoms with Gasteiger partial charge >= 0.3 is 22.4 Å². The van der Waals surface area contributed by atoms with Gasteiger partial charge in [-0.3, -0.25) is 10.00 Å². The largest absolute Gasteiger partial charge is 1.00 e. The molecule has 1 aromatic rings. The van der Waals surface area contributed by atoms with Crippen molar-refractivity contribution in [2.45, 2.75) is 27.3 Å². The summed E-state index contributed by atoms with van der Waals surface area (Å²) in [4.78, 5) is 2.29. The van der Waals surface area contributed by atoms with Gasteiger partial charge in [-0.2, -0.15) is 0 Å². The minimum atomic E-state index is 0. The molecule has 0 amide bonds. The molecule has 0 aromatic carbocycles. The summed E-state index contributed by atoms with van der Waals surface area (Å²) in [5, 5.41) is 9.98. The molecule has 0 saturated carbocycles. The van der Waals surface area contributed by atoms with Gasteiger partial charge in [0, 0.05) is 19.6 Å². The normalized spacial score (nSPS) is 15.4. The molecule has 1 saturated heterocycles. The summed E-state index contributed by atoms with van der Waals surface area (Å²) in [6, 6.07) is 0. The summed E-state index contributed by atoms with van der Waals surface area (Å²) in [6.45, 7) is 11.3. The Kier molecular flexibility index (Phi) is 13.1. The van der Waals surface area contributed by atoms with Gasteiger partial charge in [-0.05, 0) is 18.5 Å². The Hall–Kier alpha value is 0.230. The number of hydrogen-bond acceptors (Lipinski definition) is 4. The van der Waals surface area contributed by atoms with Crippen LogP contribution in [0.5, 0.6) is 0 Å². The first-order valence-electron chi connectivity index (χ1n) is 7.10. The first kappa shape index (κ1) is 20.2. The van der Waals surface area contributed by atoms with E-state index in [1.165, 1.54) is 18.5 Å². The SMILES string of the molecule is CCP(CC)CC.[Au+].[c-]1nn[nH]c1CN1CCOCC1. The van der Waals surface area contributed by atoms with Crippen molar-refractivity contribution in [1.29, 1.82) is 0 Å². The average molecular weight is 482 g/mol. The minimum absolute atomic E-state index is 0. The Bertz CT molecular complexity index is 298. The van der Waals surface area contributed by atoms with Gasteiger partial charge in [-0.25, -0.2) is 0 Å². The van der Waals surface area contributed by atoms with Crippen molar-refractivity contribution >= 4 is 7.92 Å². The van der Waals surface area contributed by atoms with E-state index >= 15 is 0 Å². The standard InChI is InChI=1S/C7H11N4O.C6H15P.Au/c1-3-12-4-2-11(1)6-7-5-8-10-9-7;1-4-7(5-2)6-3;/h1-4,6H2,(H,8,9,10);4-6H2,1-3H3;/q-1;;+1. The van der Waals surface area contributed by atoms with Crippen LogP contribution in [0.4, 0.5) is 0 Å². The first-order valence-corrected chi connectivity index (χ1v) is 8.99. The molecular formula is C13H26AuN4OP. The van der Waals surface area contributed by atoms with Gasteiger partial charge in [0.1, 0.15) is 0 Å². The number of aromatic amines is 1. The van der Waals surface area contributed by atoms with E-state index in [9.17, 15) is 0 Å². The Morgan fingerprint density at radius 2 is 1.80 bits per heavy atom. The van der Waals surface area contributed by atoms with Gasteiger partial charge in [0.25, 0.3) is 0 Å². The number of nitrogens with zero attached hydrogens (tertiary/aromatic N) is 3. The summed E-state index contributed by atoms with van der Waals surface area (Å²) < 4.78 is 5.23. The Labute approximate surface area is 139 Å². The number of aromatic nitrogens is 3. The molecule has 120 valence electrons. The number of nitrogens with one attached hydrogen (secondary N) is 1. The van der Waals surface area contributed by atoms with Crippen molar-refractivity contribution in [2.75, 3.05) is 44.8 Å². The predicted octanol–water partition coefficient (Wildman–Crippen LogP) is 1.96. The molecule has 1 aliphatic rings. The van der Waals surface area contributed by atoms with Crippen LogP contribution < -0.4 is 0 Å². The minimum Gasteiger partial charge on any atom is -0.379 e. The molecular weight excluding hydrogens is 456 g/mol. The molecule has 7 heteroatoms. The van der Waals surface area contributed by atoms with Crippen LogP contribution in [0.1, 0.15) is 26.5 Å². The van der Waals surface area contributed by atoms with Crippen LogP contribution in [0, 0.1) is 6.20 Å². The second-order valence-corrected chi connectivity index (χ2v) is 7.65. The van der Waals surface area contributed by atoms with E-state index in [-0.39, 0.29) is 22.4 Å². The van der Waals surface area contributed by atoms with Crippen molar-refractivity contribution in [3.63, 3.8) is 0 Å². The fourth-order valence-electron chi connectivity index (χ4n) is 1.92. The predicted molar refractivity (Wildman–Crippen MR) is 79.9 cm³/mol. The van der Waals surface area contributed by atoms with Gasteiger partial charge in [-0.1, -0.05) is 20.8 Å². The third kappa shape index (κ3) is 8.50. The van der Waals surface area contributed by atoms with Crippen LogP contribution in [0.25, 0.3) is 0 Å². The molecule has 0 spiro atoms. The van der Waals surface area contributed by atoms with E-state index in [0.29, 0.717) is 7.92 Å². The summed E-state index contributed by atoms with van der Waals surface area (Å²) in [6.07, 6.45) is 7.04. The molecule has 0 bridgehead atoms. The summed E-state index contributed by atoms with van der Waals surface area (Å²) in [5.74, 6) is 0. The molecule has 0 unspecified atom stereocenters. The maximum Gasteiger partial charge on any atom is 1.00 e. The smallest absolute Gasteiger partial charge is 0.379 e. The average Bonchev–Trinajstić information content (AvgIpc) is 2.96. The zero-order valence-corrected chi connectivity index (χ0v) is 15.7. The van der Waals surface area contributed by atoms with Crippen LogP contribution in [0.3, 0.4) is 0 Å². The molecule has 0 aliphatic carbocycles. The third-order valence-electron chi connectivity index (χ3n) is 3.25. The monoisotopic (exact) mass is 482 g/mol. The molecule has 0 atom stereocenters. The maximum atomic E-state index is 5.23. The molecule has 5 nitrogen and oxygen atoms in total. The fourth-order valence-corrected chi connectivity index (χ4v) is 3.26. The maximum absolute atomic E-state index is 5.23. The van der Waals surface area contributed by atoms with E-state index in [1.807, 2.05) is 0 Å². The zero-order valence-electron chi connectivity index (χ0n) is 12.7. The van der Waals surface area contributed by atoms with Gasteiger partial charge in [0.05, 0.1) is 13.2 Å². The number of hydrogen-bond donors (Lipinski definition) is 1. The van der Waals surface area contributed by atoms with Gasteiger partial charge in [0.2, 0.25) is 0 Å². The van der Waals surface area contributed by atoms with E-state index in [0.717, 1.165) is 38.5 Å². The van der Waals surface area contributed by atoms with Crippen molar-refractivity contribution < 1.29 is 27.1 Å². The van der Waals surface area contributed by atoms with E-state index < -0.39 is 0 Å².